The Bertz CT molecular complexity index is 432. The van der Waals surface area contributed by atoms with Gasteiger partial charge in [-0.05, 0) is 20.3 Å². The van der Waals surface area contributed by atoms with E-state index >= 15 is 0 Å². The van der Waals surface area contributed by atoms with Gasteiger partial charge in [0.2, 0.25) is 5.78 Å². The zero-order chi connectivity index (χ0) is 13.9. The van der Waals surface area contributed by atoms with Gasteiger partial charge in [-0.1, -0.05) is 6.92 Å². The lowest BCUT2D eigenvalue weighted by atomic mass is 9.95. The van der Waals surface area contributed by atoms with Gasteiger partial charge in [0, 0.05) is 45.1 Å². The Morgan fingerprint density at radius 2 is 2.11 bits per heavy atom. The number of rotatable bonds is 5. The highest BCUT2D eigenvalue weighted by molar-refractivity contribution is 6.00. The molecule has 1 saturated heterocycles. The van der Waals surface area contributed by atoms with Crippen LogP contribution < -0.4 is 5.32 Å². The number of hydrogen-bond acceptors (Lipinski definition) is 4. The summed E-state index contributed by atoms with van der Waals surface area (Å²) < 4.78 is 1.96. The van der Waals surface area contributed by atoms with E-state index in [2.05, 4.69) is 22.1 Å². The molecular formula is C14H24N4O. The Morgan fingerprint density at radius 3 is 2.74 bits per heavy atom. The van der Waals surface area contributed by atoms with Crippen LogP contribution in [0.25, 0.3) is 0 Å². The van der Waals surface area contributed by atoms with Gasteiger partial charge in [0.15, 0.2) is 5.82 Å². The second kappa shape index (κ2) is 5.84. The van der Waals surface area contributed by atoms with Crippen molar-refractivity contribution in [1.82, 2.24) is 19.8 Å². The maximum atomic E-state index is 12.8. The Morgan fingerprint density at radius 1 is 1.42 bits per heavy atom. The average molecular weight is 264 g/mol. The molecule has 0 atom stereocenters. The average Bonchev–Trinajstić information content (AvgIpc) is 2.87. The summed E-state index contributed by atoms with van der Waals surface area (Å²) in [5, 5.41) is 3.32. The number of carbonyl (C=O) groups excluding carboxylic acids is 1. The molecule has 19 heavy (non-hydrogen) atoms. The second-order valence-electron chi connectivity index (χ2n) is 5.57. The van der Waals surface area contributed by atoms with Crippen LogP contribution in [0, 0.1) is 0 Å². The van der Waals surface area contributed by atoms with Crippen molar-refractivity contribution in [1.29, 1.82) is 0 Å². The first-order chi connectivity index (χ1) is 9.07. The highest BCUT2D eigenvalue weighted by atomic mass is 16.1. The number of nitrogens with one attached hydrogen (secondary N) is 1. The number of piperazine rings is 1. The Labute approximate surface area is 115 Å². The molecule has 1 aromatic heterocycles. The number of nitrogens with zero attached hydrogens (tertiary/aromatic N) is 3. The molecule has 1 aromatic rings. The monoisotopic (exact) mass is 264 g/mol. The predicted molar refractivity (Wildman–Crippen MR) is 75.4 cm³/mol. The van der Waals surface area contributed by atoms with Gasteiger partial charge in [-0.2, -0.15) is 0 Å². The van der Waals surface area contributed by atoms with E-state index in [0.29, 0.717) is 5.82 Å². The van der Waals surface area contributed by atoms with Crippen LogP contribution in [0.1, 0.15) is 37.8 Å². The van der Waals surface area contributed by atoms with Crippen molar-refractivity contribution in [2.75, 3.05) is 26.2 Å². The number of aromatic nitrogens is 2. The van der Waals surface area contributed by atoms with E-state index in [1.165, 1.54) is 0 Å². The lowest BCUT2D eigenvalue weighted by Gasteiger charge is -2.39. The summed E-state index contributed by atoms with van der Waals surface area (Å²) in [6.07, 6.45) is 4.62. The summed E-state index contributed by atoms with van der Waals surface area (Å²) in [4.78, 5) is 19.3. The first kappa shape index (κ1) is 14.2. The van der Waals surface area contributed by atoms with E-state index in [4.69, 9.17) is 0 Å². The molecular weight excluding hydrogens is 240 g/mol. The van der Waals surface area contributed by atoms with Crippen LogP contribution in [0.2, 0.25) is 0 Å². The van der Waals surface area contributed by atoms with Gasteiger partial charge in [-0.3, -0.25) is 9.69 Å². The van der Waals surface area contributed by atoms with Crippen molar-refractivity contribution in [2.45, 2.75) is 39.3 Å². The van der Waals surface area contributed by atoms with Gasteiger partial charge < -0.3 is 9.88 Å². The highest BCUT2D eigenvalue weighted by Gasteiger charge is 2.37. The van der Waals surface area contributed by atoms with Crippen LogP contribution in [0.5, 0.6) is 0 Å². The van der Waals surface area contributed by atoms with Gasteiger partial charge in [-0.15, -0.1) is 0 Å². The fourth-order valence-electron chi connectivity index (χ4n) is 2.58. The van der Waals surface area contributed by atoms with E-state index in [-0.39, 0.29) is 5.78 Å². The van der Waals surface area contributed by atoms with Crippen LogP contribution in [0.3, 0.4) is 0 Å². The molecule has 106 valence electrons. The maximum Gasteiger partial charge on any atom is 0.217 e. The number of imidazole rings is 1. The molecule has 1 aliphatic rings. The van der Waals surface area contributed by atoms with Gasteiger partial charge in [-0.25, -0.2) is 4.98 Å². The quantitative estimate of drug-likeness (QED) is 0.811. The smallest absolute Gasteiger partial charge is 0.217 e. The van der Waals surface area contributed by atoms with E-state index in [1.54, 1.807) is 6.20 Å². The van der Waals surface area contributed by atoms with Crippen molar-refractivity contribution in [2.24, 2.45) is 0 Å². The fraction of sp³-hybridized carbons (Fsp3) is 0.714. The molecule has 1 N–H and O–H groups in total. The van der Waals surface area contributed by atoms with Crippen LogP contribution >= 0.6 is 0 Å². The highest BCUT2D eigenvalue weighted by Crippen LogP contribution is 2.20. The first-order valence-corrected chi connectivity index (χ1v) is 7.09. The van der Waals surface area contributed by atoms with Crippen molar-refractivity contribution in [3.8, 4) is 0 Å². The molecule has 0 saturated carbocycles. The minimum absolute atomic E-state index is 0.118. The molecule has 0 aliphatic carbocycles. The van der Waals surface area contributed by atoms with Crippen molar-refractivity contribution >= 4 is 5.78 Å². The van der Waals surface area contributed by atoms with E-state index in [0.717, 1.165) is 39.1 Å². The summed E-state index contributed by atoms with van der Waals surface area (Å²) in [5.41, 5.74) is -0.487. The number of hydrogen-bond donors (Lipinski definition) is 1. The van der Waals surface area contributed by atoms with Crippen molar-refractivity contribution < 1.29 is 4.79 Å². The van der Waals surface area contributed by atoms with Crippen molar-refractivity contribution in [3.63, 3.8) is 0 Å². The molecule has 0 amide bonds. The Balaban J connectivity index is 2.18. The third-order valence-electron chi connectivity index (χ3n) is 3.85. The maximum absolute atomic E-state index is 12.8. The topological polar surface area (TPSA) is 50.2 Å². The van der Waals surface area contributed by atoms with Crippen LogP contribution in [-0.4, -0.2) is 52.0 Å². The zero-order valence-electron chi connectivity index (χ0n) is 12.1. The van der Waals surface area contributed by atoms with Gasteiger partial charge in [0.25, 0.3) is 0 Å². The Kier molecular flexibility index (Phi) is 4.37. The molecule has 0 aromatic carbocycles. The van der Waals surface area contributed by atoms with Crippen LogP contribution in [0.4, 0.5) is 0 Å². The minimum Gasteiger partial charge on any atom is -0.328 e. The van der Waals surface area contributed by atoms with Gasteiger partial charge in [0.05, 0.1) is 5.54 Å². The summed E-state index contributed by atoms with van der Waals surface area (Å²) in [7, 11) is 0. The molecule has 2 heterocycles. The minimum atomic E-state index is -0.487. The molecule has 5 heteroatoms. The molecule has 0 bridgehead atoms. The summed E-state index contributed by atoms with van der Waals surface area (Å²) in [6, 6.07) is 0. The number of carbonyl (C=O) groups is 1. The predicted octanol–water partition coefficient (Wildman–Crippen LogP) is 1.16. The molecule has 0 unspecified atom stereocenters. The molecule has 1 aliphatic heterocycles. The van der Waals surface area contributed by atoms with Crippen LogP contribution in [0.15, 0.2) is 12.4 Å². The SMILES string of the molecule is CCCn1ccnc1C(=O)C(C)(C)N1CCNCC1. The molecule has 0 radical (unpaired) electrons. The number of aryl methyl sites for hydroxylation is 1. The van der Waals surface area contributed by atoms with Crippen molar-refractivity contribution in [3.05, 3.63) is 18.2 Å². The van der Waals surface area contributed by atoms with Gasteiger partial charge in [0.1, 0.15) is 0 Å². The lowest BCUT2D eigenvalue weighted by molar-refractivity contribution is 0.0587. The fourth-order valence-corrected chi connectivity index (χ4v) is 2.58. The summed E-state index contributed by atoms with van der Waals surface area (Å²) >= 11 is 0. The van der Waals surface area contributed by atoms with Gasteiger partial charge >= 0.3 is 0 Å². The lowest BCUT2D eigenvalue weighted by Crippen LogP contribution is -2.57. The van der Waals surface area contributed by atoms with E-state index in [9.17, 15) is 4.79 Å². The summed E-state index contributed by atoms with van der Waals surface area (Å²) in [6.45, 7) is 10.7. The number of Topliss-reactive ketones (excluding diaryl/α,β-unsaturated/α-hetero) is 1. The number of ketones is 1. The first-order valence-electron chi connectivity index (χ1n) is 7.09. The third-order valence-corrected chi connectivity index (χ3v) is 3.85. The summed E-state index contributed by atoms with van der Waals surface area (Å²) in [5.74, 6) is 0.707. The second-order valence-corrected chi connectivity index (χ2v) is 5.57. The standard InChI is InChI=1S/C14H24N4O/c1-4-8-17-9-7-16-13(17)12(19)14(2,3)18-10-5-15-6-11-18/h7,9,15H,4-6,8,10-11H2,1-3H3. The van der Waals surface area contributed by atoms with E-state index < -0.39 is 5.54 Å². The zero-order valence-corrected chi connectivity index (χ0v) is 12.1. The Hall–Kier alpha value is -1.20. The van der Waals surface area contributed by atoms with E-state index in [1.807, 2.05) is 24.6 Å². The largest absolute Gasteiger partial charge is 0.328 e. The molecule has 0 spiro atoms. The molecule has 1 fully saturated rings. The van der Waals surface area contributed by atoms with Crippen LogP contribution in [-0.2, 0) is 6.54 Å². The normalized spacial score (nSPS) is 17.6. The molecule has 5 nitrogen and oxygen atoms in total. The molecule has 2 rings (SSSR count). The third kappa shape index (κ3) is 2.87.